The van der Waals surface area contributed by atoms with Gasteiger partial charge in [0.1, 0.15) is 0 Å². The van der Waals surface area contributed by atoms with Crippen LogP contribution in [-0.4, -0.2) is 6.04 Å². The summed E-state index contributed by atoms with van der Waals surface area (Å²) in [5, 5.41) is 3.89. The van der Waals surface area contributed by atoms with E-state index in [1.54, 1.807) is 11.1 Å². The molecule has 0 amide bonds. The lowest BCUT2D eigenvalue weighted by atomic mass is 9.99. The van der Waals surface area contributed by atoms with Crippen LogP contribution in [0.1, 0.15) is 56.2 Å². The smallest absolute Gasteiger partial charge is 0.0325 e. The fourth-order valence-electron chi connectivity index (χ4n) is 3.26. The third-order valence-electron chi connectivity index (χ3n) is 4.48. The molecule has 1 aromatic carbocycles. The summed E-state index contributed by atoms with van der Waals surface area (Å²) in [6, 6.07) is 10.5. The summed E-state index contributed by atoms with van der Waals surface area (Å²) < 4.78 is 0. The first kappa shape index (κ1) is 11.3. The third-order valence-corrected chi connectivity index (χ3v) is 4.48. The Balaban J connectivity index is 1.75. The minimum Gasteiger partial charge on any atom is -0.307 e. The van der Waals surface area contributed by atoms with Crippen molar-refractivity contribution in [2.24, 2.45) is 5.92 Å². The summed E-state index contributed by atoms with van der Waals surface area (Å²) in [5.74, 6) is 0.949. The maximum atomic E-state index is 3.89. The van der Waals surface area contributed by atoms with Gasteiger partial charge in [-0.1, -0.05) is 44.0 Å². The SMILES string of the molecule is CCC1CC1NC1CCCCc2ccccc21. The number of nitrogens with one attached hydrogen (secondary N) is 1. The predicted molar refractivity (Wildman–Crippen MR) is 72.1 cm³/mol. The minimum absolute atomic E-state index is 0.621. The molecular weight excluding hydrogens is 206 g/mol. The molecule has 3 unspecified atom stereocenters. The van der Waals surface area contributed by atoms with E-state index in [4.69, 9.17) is 0 Å². The fourth-order valence-corrected chi connectivity index (χ4v) is 3.26. The van der Waals surface area contributed by atoms with Crippen molar-refractivity contribution in [2.75, 3.05) is 0 Å². The first-order valence-corrected chi connectivity index (χ1v) is 7.22. The van der Waals surface area contributed by atoms with Crippen molar-refractivity contribution in [1.29, 1.82) is 0 Å². The lowest BCUT2D eigenvalue weighted by molar-refractivity contribution is 0.470. The predicted octanol–water partition coefficient (Wildman–Crippen LogP) is 3.84. The highest BCUT2D eigenvalue weighted by molar-refractivity contribution is 5.31. The van der Waals surface area contributed by atoms with Crippen LogP contribution in [0.4, 0.5) is 0 Å². The van der Waals surface area contributed by atoms with Gasteiger partial charge in [-0.2, -0.15) is 0 Å². The molecule has 0 heterocycles. The lowest BCUT2D eigenvalue weighted by Crippen LogP contribution is -2.25. The van der Waals surface area contributed by atoms with Crippen LogP contribution in [0.2, 0.25) is 0 Å². The van der Waals surface area contributed by atoms with Crippen LogP contribution in [-0.2, 0) is 6.42 Å². The van der Waals surface area contributed by atoms with Crippen LogP contribution >= 0.6 is 0 Å². The van der Waals surface area contributed by atoms with E-state index in [0.29, 0.717) is 6.04 Å². The molecule has 1 nitrogen and oxygen atoms in total. The van der Waals surface area contributed by atoms with Crippen molar-refractivity contribution < 1.29 is 0 Å². The standard InChI is InChI=1S/C16H23N/c1-2-12-11-16(12)17-15-10-6-4-8-13-7-3-5-9-14(13)15/h3,5,7,9,12,15-17H,2,4,6,8,10-11H2,1H3. The Morgan fingerprint density at radius 3 is 2.94 bits per heavy atom. The summed E-state index contributed by atoms with van der Waals surface area (Å²) in [4.78, 5) is 0. The van der Waals surface area contributed by atoms with E-state index in [1.807, 2.05) is 0 Å². The summed E-state index contributed by atoms with van der Waals surface area (Å²) in [7, 11) is 0. The maximum absolute atomic E-state index is 3.89. The van der Waals surface area contributed by atoms with Gasteiger partial charge in [-0.3, -0.25) is 0 Å². The molecule has 17 heavy (non-hydrogen) atoms. The van der Waals surface area contributed by atoms with Crippen LogP contribution in [0.15, 0.2) is 24.3 Å². The molecule has 0 aliphatic heterocycles. The molecule has 1 saturated carbocycles. The van der Waals surface area contributed by atoms with E-state index < -0.39 is 0 Å². The average Bonchev–Trinajstić information content (AvgIpc) is 3.14. The second kappa shape index (κ2) is 4.81. The van der Waals surface area contributed by atoms with Crippen molar-refractivity contribution in [3.05, 3.63) is 35.4 Å². The Morgan fingerprint density at radius 1 is 1.24 bits per heavy atom. The quantitative estimate of drug-likeness (QED) is 0.776. The zero-order valence-corrected chi connectivity index (χ0v) is 10.8. The molecule has 0 bridgehead atoms. The zero-order chi connectivity index (χ0) is 11.7. The van der Waals surface area contributed by atoms with E-state index in [9.17, 15) is 0 Å². The number of fused-ring (bicyclic) bond motifs is 1. The van der Waals surface area contributed by atoms with Crippen molar-refractivity contribution in [2.45, 2.75) is 57.5 Å². The molecule has 0 aromatic heterocycles. The van der Waals surface area contributed by atoms with E-state index in [-0.39, 0.29) is 0 Å². The number of hydrogen-bond acceptors (Lipinski definition) is 1. The molecule has 1 aromatic rings. The molecule has 0 saturated heterocycles. The van der Waals surface area contributed by atoms with Gasteiger partial charge >= 0.3 is 0 Å². The lowest BCUT2D eigenvalue weighted by Gasteiger charge is -2.19. The molecule has 2 aliphatic carbocycles. The summed E-state index contributed by atoms with van der Waals surface area (Å²) in [6.07, 6.45) is 8.06. The summed E-state index contributed by atoms with van der Waals surface area (Å²) in [5.41, 5.74) is 3.16. The highest BCUT2D eigenvalue weighted by Gasteiger charge is 2.37. The number of aryl methyl sites for hydroxylation is 1. The Bertz CT molecular complexity index is 385. The van der Waals surface area contributed by atoms with Gasteiger partial charge < -0.3 is 5.32 Å². The molecule has 0 radical (unpaired) electrons. The van der Waals surface area contributed by atoms with Gasteiger partial charge in [-0.15, -0.1) is 0 Å². The second-order valence-corrected chi connectivity index (χ2v) is 5.67. The van der Waals surface area contributed by atoms with Crippen molar-refractivity contribution in [3.63, 3.8) is 0 Å². The molecule has 1 N–H and O–H groups in total. The number of rotatable bonds is 3. The average molecular weight is 229 g/mol. The highest BCUT2D eigenvalue weighted by Crippen LogP contribution is 2.37. The largest absolute Gasteiger partial charge is 0.307 e. The molecule has 3 rings (SSSR count). The van der Waals surface area contributed by atoms with Crippen molar-refractivity contribution in [1.82, 2.24) is 5.32 Å². The monoisotopic (exact) mass is 229 g/mol. The topological polar surface area (TPSA) is 12.0 Å². The van der Waals surface area contributed by atoms with E-state index in [2.05, 4.69) is 36.5 Å². The van der Waals surface area contributed by atoms with E-state index in [1.165, 1.54) is 38.5 Å². The van der Waals surface area contributed by atoms with Crippen LogP contribution in [0, 0.1) is 5.92 Å². The molecule has 3 atom stereocenters. The van der Waals surface area contributed by atoms with Crippen LogP contribution in [0.3, 0.4) is 0 Å². The molecule has 0 spiro atoms. The van der Waals surface area contributed by atoms with Crippen LogP contribution in [0.5, 0.6) is 0 Å². The third kappa shape index (κ3) is 2.40. The second-order valence-electron chi connectivity index (χ2n) is 5.67. The summed E-state index contributed by atoms with van der Waals surface area (Å²) >= 11 is 0. The first-order chi connectivity index (χ1) is 8.38. The Labute approximate surface area is 105 Å². The minimum atomic E-state index is 0.621. The summed E-state index contributed by atoms with van der Waals surface area (Å²) in [6.45, 7) is 2.31. The first-order valence-electron chi connectivity index (χ1n) is 7.22. The van der Waals surface area contributed by atoms with Crippen molar-refractivity contribution >= 4 is 0 Å². The molecule has 1 fully saturated rings. The molecule has 1 heteroatoms. The highest BCUT2D eigenvalue weighted by atomic mass is 15.0. The van der Waals surface area contributed by atoms with Gasteiger partial charge in [0.05, 0.1) is 0 Å². The van der Waals surface area contributed by atoms with E-state index >= 15 is 0 Å². The van der Waals surface area contributed by atoms with Gasteiger partial charge in [0.25, 0.3) is 0 Å². The normalized spacial score (nSPS) is 31.7. The number of hydrogen-bond donors (Lipinski definition) is 1. The molecule has 2 aliphatic rings. The Hall–Kier alpha value is -0.820. The molecular formula is C16H23N. The van der Waals surface area contributed by atoms with Crippen molar-refractivity contribution in [3.8, 4) is 0 Å². The van der Waals surface area contributed by atoms with Gasteiger partial charge in [0, 0.05) is 12.1 Å². The van der Waals surface area contributed by atoms with Crippen LogP contribution in [0.25, 0.3) is 0 Å². The Morgan fingerprint density at radius 2 is 2.12 bits per heavy atom. The number of benzene rings is 1. The maximum Gasteiger partial charge on any atom is 0.0325 e. The Kier molecular flexibility index (Phi) is 3.19. The zero-order valence-electron chi connectivity index (χ0n) is 10.8. The van der Waals surface area contributed by atoms with Gasteiger partial charge in [0.2, 0.25) is 0 Å². The van der Waals surface area contributed by atoms with Gasteiger partial charge in [-0.05, 0) is 42.7 Å². The van der Waals surface area contributed by atoms with Gasteiger partial charge in [-0.25, -0.2) is 0 Å². The molecule has 92 valence electrons. The van der Waals surface area contributed by atoms with Gasteiger partial charge in [0.15, 0.2) is 0 Å². The van der Waals surface area contributed by atoms with Crippen LogP contribution < -0.4 is 5.32 Å². The van der Waals surface area contributed by atoms with E-state index in [0.717, 1.165) is 12.0 Å². The fraction of sp³-hybridized carbons (Fsp3) is 0.625.